The zero-order chi connectivity index (χ0) is 30.6. The molecular weight excluding hydrogens is 565 g/mol. The molecule has 2 aromatic rings. The van der Waals surface area contributed by atoms with Crippen LogP contribution in [0.4, 0.5) is 13.2 Å². The van der Waals surface area contributed by atoms with E-state index in [1.54, 1.807) is 23.0 Å². The molecule has 2 atom stereocenters. The van der Waals surface area contributed by atoms with Gasteiger partial charge in [-0.2, -0.15) is 13.2 Å². The van der Waals surface area contributed by atoms with Crippen LogP contribution in [0.5, 0.6) is 0 Å². The number of benzene rings is 1. The van der Waals surface area contributed by atoms with E-state index in [1.807, 2.05) is 13.0 Å². The maximum Gasteiger partial charge on any atom is 0.490 e. The molecule has 42 heavy (non-hydrogen) atoms. The normalized spacial score (nSPS) is 19.9. The summed E-state index contributed by atoms with van der Waals surface area (Å²) in [4.78, 5) is 61.7. The summed E-state index contributed by atoms with van der Waals surface area (Å²) in [5, 5.41) is 24.0. The average molecular weight is 595 g/mol. The smallest absolute Gasteiger partial charge is 0.475 e. The van der Waals surface area contributed by atoms with Gasteiger partial charge < -0.3 is 20.6 Å². The summed E-state index contributed by atoms with van der Waals surface area (Å²) in [6.45, 7) is 5.89. The van der Waals surface area contributed by atoms with Gasteiger partial charge in [0.2, 0.25) is 17.7 Å². The molecule has 17 heteroatoms. The first-order valence-electron chi connectivity index (χ1n) is 13.1. The van der Waals surface area contributed by atoms with Crippen molar-refractivity contribution in [1.82, 2.24) is 40.7 Å². The van der Waals surface area contributed by atoms with E-state index in [0.29, 0.717) is 17.7 Å². The molecule has 3 aliphatic heterocycles. The summed E-state index contributed by atoms with van der Waals surface area (Å²) in [6.07, 6.45) is -2.80. The first-order valence-corrected chi connectivity index (χ1v) is 13.1. The van der Waals surface area contributed by atoms with Crippen LogP contribution in [0.3, 0.4) is 0 Å². The summed E-state index contributed by atoms with van der Waals surface area (Å²) >= 11 is 0. The number of carboxylic acid groups (broad SMARTS) is 1. The number of aromatic nitrogens is 3. The van der Waals surface area contributed by atoms with Gasteiger partial charge >= 0.3 is 12.1 Å². The predicted molar refractivity (Wildman–Crippen MR) is 137 cm³/mol. The fourth-order valence-corrected chi connectivity index (χ4v) is 4.77. The number of nitrogens with zero attached hydrogens (tertiary/aromatic N) is 5. The molecule has 3 aliphatic rings. The predicted octanol–water partition coefficient (Wildman–Crippen LogP) is -0.428. The van der Waals surface area contributed by atoms with Crippen LogP contribution in [0.2, 0.25) is 0 Å². The van der Waals surface area contributed by atoms with Crippen molar-refractivity contribution in [2.45, 2.75) is 51.1 Å². The summed E-state index contributed by atoms with van der Waals surface area (Å²) in [5.74, 6) is -3.77. The van der Waals surface area contributed by atoms with Gasteiger partial charge in [-0.15, -0.1) is 5.10 Å². The Bertz CT molecular complexity index is 1370. The molecule has 0 bridgehead atoms. The lowest BCUT2D eigenvalue weighted by Gasteiger charge is -2.31. The number of rotatable bonds is 6. The zero-order valence-electron chi connectivity index (χ0n) is 22.5. The Balaban J connectivity index is 0.000000517. The number of halogens is 3. The molecule has 14 nitrogen and oxygen atoms in total. The largest absolute Gasteiger partial charge is 0.490 e. The van der Waals surface area contributed by atoms with Crippen molar-refractivity contribution >= 4 is 29.6 Å². The monoisotopic (exact) mass is 594 g/mol. The van der Waals surface area contributed by atoms with Gasteiger partial charge in [-0.1, -0.05) is 5.21 Å². The summed E-state index contributed by atoms with van der Waals surface area (Å²) < 4.78 is 33.3. The van der Waals surface area contributed by atoms with Crippen molar-refractivity contribution in [2.24, 2.45) is 0 Å². The molecule has 4 amide bonds. The van der Waals surface area contributed by atoms with Gasteiger partial charge in [0.05, 0.1) is 24.5 Å². The lowest BCUT2D eigenvalue weighted by molar-refractivity contribution is -0.192. The van der Waals surface area contributed by atoms with Gasteiger partial charge in [0.1, 0.15) is 11.7 Å². The molecule has 0 aliphatic carbocycles. The number of carbonyl (C=O) groups excluding carboxylic acids is 4. The number of carboxylic acids is 1. The van der Waals surface area contributed by atoms with Crippen molar-refractivity contribution in [3.8, 4) is 5.69 Å². The fourth-order valence-electron chi connectivity index (χ4n) is 4.77. The highest BCUT2D eigenvalue weighted by molar-refractivity contribution is 6.05. The van der Waals surface area contributed by atoms with E-state index >= 15 is 0 Å². The van der Waals surface area contributed by atoms with Crippen molar-refractivity contribution in [1.29, 1.82) is 0 Å². The number of fused-ring (bicyclic) bond motifs is 1. The number of aliphatic carboxylic acids is 1. The molecule has 0 radical (unpaired) electrons. The highest BCUT2D eigenvalue weighted by Crippen LogP contribution is 2.29. The van der Waals surface area contributed by atoms with E-state index < -0.39 is 24.1 Å². The maximum absolute atomic E-state index is 12.9. The van der Waals surface area contributed by atoms with Gasteiger partial charge in [0.25, 0.3) is 5.91 Å². The number of hydrogen-bond donors (Lipinski definition) is 4. The quantitative estimate of drug-likeness (QED) is 0.321. The van der Waals surface area contributed by atoms with E-state index in [4.69, 9.17) is 9.90 Å². The van der Waals surface area contributed by atoms with Crippen LogP contribution in [-0.2, 0) is 32.3 Å². The third kappa shape index (κ3) is 7.09. The van der Waals surface area contributed by atoms with E-state index in [0.717, 1.165) is 37.4 Å². The van der Waals surface area contributed by atoms with Crippen LogP contribution in [0.15, 0.2) is 24.4 Å². The third-order valence-electron chi connectivity index (χ3n) is 7.08. The van der Waals surface area contributed by atoms with Crippen molar-refractivity contribution in [3.05, 3.63) is 41.2 Å². The number of piperazine rings is 1. The van der Waals surface area contributed by atoms with Crippen molar-refractivity contribution in [3.63, 3.8) is 0 Å². The van der Waals surface area contributed by atoms with Crippen molar-refractivity contribution in [2.75, 3.05) is 26.2 Å². The third-order valence-corrected chi connectivity index (χ3v) is 7.08. The molecule has 5 rings (SSSR count). The summed E-state index contributed by atoms with van der Waals surface area (Å²) in [7, 11) is 0. The molecule has 226 valence electrons. The van der Waals surface area contributed by atoms with Crippen LogP contribution >= 0.6 is 0 Å². The highest BCUT2D eigenvalue weighted by atomic mass is 19.4. The van der Waals surface area contributed by atoms with Crippen LogP contribution in [0, 0.1) is 0 Å². The standard InChI is InChI=1S/C23H28N8O4.C2HF3O2/c1-14(29-8-6-24-7-9-29)21(33)25-11-16-13-31(28-27-16)17-2-3-18-15(10-17)12-30(23(18)35)19-4-5-20(32)26-22(19)34;3-2(4,5)1(6)7/h2-3,10,13-14,19,24H,4-9,11-12H2,1H3,(H,25,33)(H,26,32,34);(H,6,7). The topological polar surface area (TPSA) is 179 Å². The lowest BCUT2D eigenvalue weighted by Crippen LogP contribution is -2.52. The van der Waals surface area contributed by atoms with Gasteiger partial charge in [-0.05, 0) is 37.1 Å². The van der Waals surface area contributed by atoms with Gasteiger partial charge in [0.15, 0.2) is 0 Å². The Labute approximate surface area is 237 Å². The Kier molecular flexibility index (Phi) is 9.20. The number of hydrogen-bond acceptors (Lipinski definition) is 9. The minimum Gasteiger partial charge on any atom is -0.475 e. The number of amides is 4. The van der Waals surface area contributed by atoms with E-state index in [1.165, 1.54) is 4.90 Å². The van der Waals surface area contributed by atoms with Crippen LogP contribution in [-0.4, -0.2) is 104 Å². The Hall–Kier alpha value is -4.38. The molecule has 4 heterocycles. The first-order chi connectivity index (χ1) is 19.8. The number of imide groups is 1. The highest BCUT2D eigenvalue weighted by Gasteiger charge is 2.39. The molecule has 0 spiro atoms. The fraction of sp³-hybridized carbons (Fsp3) is 0.480. The minimum atomic E-state index is -5.08. The molecule has 2 fully saturated rings. The second kappa shape index (κ2) is 12.6. The second-order valence-corrected chi connectivity index (χ2v) is 9.88. The van der Waals surface area contributed by atoms with Gasteiger partial charge in [0, 0.05) is 44.7 Å². The SMILES string of the molecule is CC(C(=O)NCc1cn(-c2ccc3c(c2)CN(C2CCC(=O)NC2=O)C3=O)nn1)N1CCNCC1.O=C(O)C(F)(F)F. The number of carbonyl (C=O) groups is 5. The first kappa shape index (κ1) is 30.6. The van der Waals surface area contributed by atoms with Crippen LogP contribution in [0.1, 0.15) is 41.4 Å². The number of nitrogens with one attached hydrogen (secondary N) is 3. The van der Waals surface area contributed by atoms with Gasteiger partial charge in [-0.3, -0.25) is 29.4 Å². The van der Waals surface area contributed by atoms with Crippen LogP contribution < -0.4 is 16.0 Å². The Morgan fingerprint density at radius 3 is 2.52 bits per heavy atom. The van der Waals surface area contributed by atoms with Crippen molar-refractivity contribution < 1.29 is 42.3 Å². The number of piperidine rings is 1. The number of alkyl halides is 3. The summed E-state index contributed by atoms with van der Waals surface area (Å²) in [5.41, 5.74) is 2.66. The second-order valence-electron chi connectivity index (χ2n) is 9.88. The van der Waals surface area contributed by atoms with Gasteiger partial charge in [-0.25, -0.2) is 9.48 Å². The Morgan fingerprint density at radius 2 is 1.88 bits per heavy atom. The van der Waals surface area contributed by atoms with E-state index in [-0.39, 0.29) is 43.3 Å². The Morgan fingerprint density at radius 1 is 1.19 bits per heavy atom. The zero-order valence-corrected chi connectivity index (χ0v) is 22.5. The molecule has 1 aromatic carbocycles. The van der Waals surface area contributed by atoms with Crippen LogP contribution in [0.25, 0.3) is 5.69 Å². The maximum atomic E-state index is 12.9. The molecule has 4 N–H and O–H groups in total. The average Bonchev–Trinajstić information content (AvgIpc) is 3.56. The molecule has 0 saturated carbocycles. The molecular formula is C25H29F3N8O6. The summed E-state index contributed by atoms with van der Waals surface area (Å²) in [6, 6.07) is 4.48. The molecule has 1 aromatic heterocycles. The van der Waals surface area contributed by atoms with E-state index in [2.05, 4.69) is 31.2 Å². The molecule has 2 saturated heterocycles. The lowest BCUT2D eigenvalue weighted by atomic mass is 10.0. The molecule has 2 unspecified atom stereocenters. The van der Waals surface area contributed by atoms with E-state index in [9.17, 15) is 32.3 Å². The minimum absolute atomic E-state index is 0.0500.